The molecule has 1 unspecified atom stereocenters. The van der Waals surface area contributed by atoms with Crippen LogP contribution in [0.15, 0.2) is 6.20 Å². The molecule has 0 aliphatic rings. The van der Waals surface area contributed by atoms with Gasteiger partial charge in [0.15, 0.2) is 0 Å². The summed E-state index contributed by atoms with van der Waals surface area (Å²) in [4.78, 5) is 8.59. The molecule has 3 nitrogen and oxygen atoms in total. The third kappa shape index (κ3) is 3.07. The summed E-state index contributed by atoms with van der Waals surface area (Å²) in [5, 5.41) is 9.65. The van der Waals surface area contributed by atoms with Gasteiger partial charge in [-0.2, -0.15) is 0 Å². The molecule has 14 heavy (non-hydrogen) atoms. The van der Waals surface area contributed by atoms with Gasteiger partial charge in [-0.05, 0) is 20.3 Å². The molecule has 0 saturated carbocycles. The van der Waals surface area contributed by atoms with E-state index in [2.05, 4.69) is 16.9 Å². The number of aromatic nitrogens is 2. The molecule has 0 saturated heterocycles. The first-order valence-corrected chi connectivity index (χ1v) is 5.10. The third-order valence-electron chi connectivity index (χ3n) is 2.22. The Hall–Kier alpha value is -0.960. The average Bonchev–Trinajstić information content (AvgIpc) is 2.12. The highest BCUT2D eigenvalue weighted by Gasteiger charge is 2.08. The molecule has 1 rings (SSSR count). The summed E-state index contributed by atoms with van der Waals surface area (Å²) in [5.74, 6) is 0. The van der Waals surface area contributed by atoms with E-state index in [0.29, 0.717) is 6.42 Å². The topological polar surface area (TPSA) is 46.0 Å². The quantitative estimate of drug-likeness (QED) is 0.795. The van der Waals surface area contributed by atoms with Crippen LogP contribution in [0.25, 0.3) is 0 Å². The molecule has 0 bridgehead atoms. The minimum atomic E-state index is -0.283. The van der Waals surface area contributed by atoms with Crippen molar-refractivity contribution in [3.8, 4) is 0 Å². The van der Waals surface area contributed by atoms with Crippen molar-refractivity contribution in [3.05, 3.63) is 23.3 Å². The highest BCUT2D eigenvalue weighted by atomic mass is 16.3. The summed E-state index contributed by atoms with van der Waals surface area (Å²) in [5.41, 5.74) is 2.76. The lowest BCUT2D eigenvalue weighted by Gasteiger charge is -2.10. The minimum Gasteiger partial charge on any atom is -0.393 e. The molecule has 0 aliphatic carbocycles. The van der Waals surface area contributed by atoms with Gasteiger partial charge in [0.05, 0.1) is 23.2 Å². The lowest BCUT2D eigenvalue weighted by atomic mass is 10.1. The first-order chi connectivity index (χ1) is 6.63. The third-order valence-corrected chi connectivity index (χ3v) is 2.22. The normalized spacial score (nSPS) is 12.9. The van der Waals surface area contributed by atoms with Crippen molar-refractivity contribution in [1.82, 2.24) is 9.97 Å². The number of aliphatic hydroxyl groups excluding tert-OH is 1. The van der Waals surface area contributed by atoms with Crippen LogP contribution in [-0.2, 0) is 6.42 Å². The van der Waals surface area contributed by atoms with Gasteiger partial charge in [-0.25, -0.2) is 0 Å². The van der Waals surface area contributed by atoms with E-state index in [1.54, 1.807) is 6.20 Å². The largest absolute Gasteiger partial charge is 0.393 e. The summed E-state index contributed by atoms with van der Waals surface area (Å²) in [6.07, 6.45) is 3.92. The maximum Gasteiger partial charge on any atom is 0.0644 e. The zero-order chi connectivity index (χ0) is 10.6. The number of rotatable bonds is 4. The molecule has 1 atom stereocenters. The van der Waals surface area contributed by atoms with E-state index in [9.17, 15) is 5.11 Å². The van der Waals surface area contributed by atoms with Crippen LogP contribution in [0.2, 0.25) is 0 Å². The van der Waals surface area contributed by atoms with Gasteiger partial charge in [-0.3, -0.25) is 9.97 Å². The Morgan fingerprint density at radius 3 is 2.79 bits per heavy atom. The van der Waals surface area contributed by atoms with Crippen molar-refractivity contribution in [1.29, 1.82) is 0 Å². The number of hydrogen-bond acceptors (Lipinski definition) is 3. The number of aryl methyl sites for hydroxylation is 2. The van der Waals surface area contributed by atoms with Gasteiger partial charge in [0.1, 0.15) is 0 Å². The fourth-order valence-corrected chi connectivity index (χ4v) is 1.44. The maximum absolute atomic E-state index is 9.65. The lowest BCUT2D eigenvalue weighted by molar-refractivity contribution is 0.162. The van der Waals surface area contributed by atoms with E-state index in [1.165, 1.54) is 0 Å². The van der Waals surface area contributed by atoms with Crippen LogP contribution < -0.4 is 0 Å². The molecule has 0 aliphatic heterocycles. The van der Waals surface area contributed by atoms with E-state index >= 15 is 0 Å². The molecule has 0 radical (unpaired) electrons. The highest BCUT2D eigenvalue weighted by molar-refractivity contribution is 5.12. The molecule has 1 N–H and O–H groups in total. The van der Waals surface area contributed by atoms with Gasteiger partial charge < -0.3 is 5.11 Å². The molecule has 1 aromatic rings. The SMILES string of the molecule is CCCC(O)Cc1nc(C)cnc1C. The van der Waals surface area contributed by atoms with Crippen molar-refractivity contribution in [2.24, 2.45) is 0 Å². The van der Waals surface area contributed by atoms with Gasteiger partial charge >= 0.3 is 0 Å². The minimum absolute atomic E-state index is 0.283. The van der Waals surface area contributed by atoms with E-state index in [1.807, 2.05) is 13.8 Å². The monoisotopic (exact) mass is 194 g/mol. The van der Waals surface area contributed by atoms with Gasteiger partial charge in [-0.15, -0.1) is 0 Å². The van der Waals surface area contributed by atoms with Crippen LogP contribution in [0, 0.1) is 13.8 Å². The predicted molar refractivity (Wildman–Crippen MR) is 56.1 cm³/mol. The van der Waals surface area contributed by atoms with Crippen LogP contribution in [0.1, 0.15) is 36.8 Å². The molecule has 0 aromatic carbocycles. The molecular weight excluding hydrogens is 176 g/mol. The standard InChI is InChI=1S/C11H18N2O/c1-4-5-10(14)6-11-9(3)12-7-8(2)13-11/h7,10,14H,4-6H2,1-3H3. The fraction of sp³-hybridized carbons (Fsp3) is 0.636. The second-order valence-electron chi connectivity index (χ2n) is 3.69. The zero-order valence-corrected chi connectivity index (χ0v) is 9.12. The molecule has 0 fully saturated rings. The molecule has 78 valence electrons. The zero-order valence-electron chi connectivity index (χ0n) is 9.12. The Bertz CT molecular complexity index is 299. The van der Waals surface area contributed by atoms with Crippen molar-refractivity contribution < 1.29 is 5.11 Å². The Balaban J connectivity index is 2.70. The van der Waals surface area contributed by atoms with E-state index < -0.39 is 0 Å². The van der Waals surface area contributed by atoms with Crippen LogP contribution >= 0.6 is 0 Å². The van der Waals surface area contributed by atoms with Crippen LogP contribution in [-0.4, -0.2) is 21.2 Å². The molecule has 0 spiro atoms. The second kappa shape index (κ2) is 5.05. The highest BCUT2D eigenvalue weighted by Crippen LogP contribution is 2.08. The Kier molecular flexibility index (Phi) is 4.01. The van der Waals surface area contributed by atoms with E-state index in [4.69, 9.17) is 0 Å². The summed E-state index contributed by atoms with van der Waals surface area (Å²) in [6, 6.07) is 0. The smallest absolute Gasteiger partial charge is 0.0644 e. The first kappa shape index (κ1) is 11.1. The Labute approximate surface area is 85.2 Å². The van der Waals surface area contributed by atoms with Gasteiger partial charge in [0.2, 0.25) is 0 Å². The summed E-state index contributed by atoms with van der Waals surface area (Å²) in [7, 11) is 0. The van der Waals surface area contributed by atoms with Gasteiger partial charge in [-0.1, -0.05) is 13.3 Å². The average molecular weight is 194 g/mol. The van der Waals surface area contributed by atoms with Gasteiger partial charge in [0.25, 0.3) is 0 Å². The second-order valence-corrected chi connectivity index (χ2v) is 3.69. The summed E-state index contributed by atoms with van der Waals surface area (Å²) < 4.78 is 0. The van der Waals surface area contributed by atoms with Crippen LogP contribution in [0.5, 0.6) is 0 Å². The molecular formula is C11H18N2O. The van der Waals surface area contributed by atoms with Crippen molar-refractivity contribution >= 4 is 0 Å². The molecule has 1 aromatic heterocycles. The number of nitrogens with zero attached hydrogens (tertiary/aromatic N) is 2. The molecule has 0 amide bonds. The summed E-state index contributed by atoms with van der Waals surface area (Å²) in [6.45, 7) is 5.92. The van der Waals surface area contributed by atoms with Crippen molar-refractivity contribution in [2.75, 3.05) is 0 Å². The van der Waals surface area contributed by atoms with E-state index in [0.717, 1.165) is 29.9 Å². The molecule has 3 heteroatoms. The van der Waals surface area contributed by atoms with Crippen molar-refractivity contribution in [3.63, 3.8) is 0 Å². The molecule has 1 heterocycles. The Morgan fingerprint density at radius 1 is 1.43 bits per heavy atom. The van der Waals surface area contributed by atoms with Crippen molar-refractivity contribution in [2.45, 2.75) is 46.1 Å². The first-order valence-electron chi connectivity index (χ1n) is 5.10. The number of hydrogen-bond donors (Lipinski definition) is 1. The predicted octanol–water partition coefficient (Wildman–Crippen LogP) is 1.80. The summed E-state index contributed by atoms with van der Waals surface area (Å²) >= 11 is 0. The van der Waals surface area contributed by atoms with Crippen LogP contribution in [0.4, 0.5) is 0 Å². The lowest BCUT2D eigenvalue weighted by Crippen LogP contribution is -2.13. The maximum atomic E-state index is 9.65. The van der Waals surface area contributed by atoms with Crippen LogP contribution in [0.3, 0.4) is 0 Å². The fourth-order valence-electron chi connectivity index (χ4n) is 1.44. The number of aliphatic hydroxyl groups is 1. The Morgan fingerprint density at radius 2 is 2.14 bits per heavy atom. The van der Waals surface area contributed by atoms with Gasteiger partial charge in [0, 0.05) is 12.6 Å². The van der Waals surface area contributed by atoms with E-state index in [-0.39, 0.29) is 6.10 Å².